The Hall–Kier alpha value is -1.71. The number of carbonyl (C=O) groups is 1. The average Bonchev–Trinajstić information content (AvgIpc) is 2.71. The summed E-state index contributed by atoms with van der Waals surface area (Å²) in [5, 5.41) is 0. The van der Waals surface area contributed by atoms with Gasteiger partial charge in [-0.25, -0.2) is 17.5 Å². The Morgan fingerprint density at radius 2 is 1.93 bits per heavy atom. The molecule has 2 fully saturated rings. The third-order valence-electron chi connectivity index (χ3n) is 6.41. The SMILES string of the molecule is CS(=O)(=O)N[C@H]1CCCN2C(=O)COc3cccc(F)c3[C@H]3CC[C@H](CC3)OC[C@@H]12. The molecule has 0 aromatic heterocycles. The molecule has 1 saturated carbocycles. The Morgan fingerprint density at radius 3 is 2.67 bits per heavy atom. The Morgan fingerprint density at radius 1 is 1.17 bits per heavy atom. The number of nitrogens with one attached hydrogen (secondary N) is 1. The van der Waals surface area contributed by atoms with E-state index >= 15 is 0 Å². The fraction of sp³-hybridized carbons (Fsp3) is 0.667. The molecule has 3 aliphatic heterocycles. The first-order valence-corrected chi connectivity index (χ1v) is 12.5. The first-order valence-electron chi connectivity index (χ1n) is 10.6. The highest BCUT2D eigenvalue weighted by atomic mass is 32.2. The Bertz CT molecular complexity index is 885. The van der Waals surface area contributed by atoms with E-state index < -0.39 is 22.1 Å². The lowest BCUT2D eigenvalue weighted by Crippen LogP contribution is -2.59. The molecular formula is C21H29FN2O5S. The molecule has 0 radical (unpaired) electrons. The third kappa shape index (κ3) is 4.78. The highest BCUT2D eigenvalue weighted by Crippen LogP contribution is 2.40. The molecule has 3 heterocycles. The van der Waals surface area contributed by atoms with Crippen molar-refractivity contribution in [3.05, 3.63) is 29.6 Å². The van der Waals surface area contributed by atoms with Crippen LogP contribution in [0.15, 0.2) is 18.2 Å². The van der Waals surface area contributed by atoms with Crippen LogP contribution < -0.4 is 9.46 Å². The number of rotatable bonds is 2. The summed E-state index contributed by atoms with van der Waals surface area (Å²) < 4.78 is 53.0. The zero-order chi connectivity index (χ0) is 21.3. The summed E-state index contributed by atoms with van der Waals surface area (Å²) in [7, 11) is -3.42. The number of amides is 1. The minimum absolute atomic E-state index is 0.0240. The molecule has 0 unspecified atom stereocenters. The van der Waals surface area contributed by atoms with Crippen LogP contribution in [0.5, 0.6) is 5.75 Å². The highest BCUT2D eigenvalue weighted by molar-refractivity contribution is 7.88. The van der Waals surface area contributed by atoms with Gasteiger partial charge in [0, 0.05) is 18.2 Å². The van der Waals surface area contributed by atoms with Gasteiger partial charge in [0.25, 0.3) is 5.91 Å². The normalized spacial score (nSPS) is 30.3. The van der Waals surface area contributed by atoms with Crippen molar-refractivity contribution in [3.63, 3.8) is 0 Å². The molecule has 7 nitrogen and oxygen atoms in total. The number of ether oxygens (including phenoxy) is 2. The number of hydrogen-bond acceptors (Lipinski definition) is 5. The van der Waals surface area contributed by atoms with Crippen molar-refractivity contribution >= 4 is 15.9 Å². The average molecular weight is 441 g/mol. The number of nitrogens with zero attached hydrogens (tertiary/aromatic N) is 1. The zero-order valence-electron chi connectivity index (χ0n) is 17.2. The smallest absolute Gasteiger partial charge is 0.260 e. The summed E-state index contributed by atoms with van der Waals surface area (Å²) in [6.45, 7) is 0.575. The predicted molar refractivity (Wildman–Crippen MR) is 109 cm³/mol. The van der Waals surface area contributed by atoms with Crippen LogP contribution in [-0.4, -0.2) is 63.4 Å². The maximum absolute atomic E-state index is 14.6. The molecule has 1 N–H and O–H groups in total. The van der Waals surface area contributed by atoms with Crippen molar-refractivity contribution in [3.8, 4) is 5.75 Å². The third-order valence-corrected chi connectivity index (χ3v) is 7.14. The van der Waals surface area contributed by atoms with Crippen LogP contribution >= 0.6 is 0 Å². The van der Waals surface area contributed by atoms with E-state index in [0.29, 0.717) is 30.7 Å². The second kappa shape index (κ2) is 8.80. The van der Waals surface area contributed by atoms with E-state index in [1.54, 1.807) is 17.0 Å². The van der Waals surface area contributed by atoms with Crippen molar-refractivity contribution in [2.45, 2.75) is 62.6 Å². The van der Waals surface area contributed by atoms with E-state index in [1.807, 2.05) is 0 Å². The molecule has 1 aromatic rings. The number of sulfonamides is 1. The first kappa shape index (κ1) is 21.5. The standard InChI is InChI=1S/C21H29FN2O5S/c1-30(26,27)23-17-5-3-11-24-18(17)12-28-15-9-7-14(8-10-15)21-16(22)4-2-6-19(21)29-13-20(24)25/h2,4,6,14-15,17-18,23H,3,5,7-13H2,1H3/t14-,15+,17-,18-/m0/s1. The molecule has 1 aromatic carbocycles. The van der Waals surface area contributed by atoms with Crippen molar-refractivity contribution in [1.82, 2.24) is 9.62 Å². The van der Waals surface area contributed by atoms with Crippen molar-refractivity contribution in [2.75, 3.05) is 26.0 Å². The van der Waals surface area contributed by atoms with Gasteiger partial charge in [-0.2, -0.15) is 0 Å². The molecular weight excluding hydrogens is 411 g/mol. The van der Waals surface area contributed by atoms with Gasteiger partial charge in [-0.1, -0.05) is 6.07 Å². The van der Waals surface area contributed by atoms with Gasteiger partial charge in [-0.15, -0.1) is 0 Å². The minimum atomic E-state index is -3.42. The maximum Gasteiger partial charge on any atom is 0.260 e. The molecule has 9 heteroatoms. The second-order valence-corrected chi connectivity index (χ2v) is 10.3. The van der Waals surface area contributed by atoms with E-state index in [-0.39, 0.29) is 37.0 Å². The maximum atomic E-state index is 14.6. The van der Waals surface area contributed by atoms with Crippen LogP contribution in [0.4, 0.5) is 4.39 Å². The van der Waals surface area contributed by atoms with Crippen LogP contribution in [-0.2, 0) is 19.6 Å². The first-order chi connectivity index (χ1) is 14.3. The lowest BCUT2D eigenvalue weighted by atomic mass is 9.82. The summed E-state index contributed by atoms with van der Waals surface area (Å²) in [4.78, 5) is 14.7. The monoisotopic (exact) mass is 440 g/mol. The number of halogens is 1. The molecule has 1 saturated heterocycles. The van der Waals surface area contributed by atoms with Crippen LogP contribution in [0.3, 0.4) is 0 Å². The van der Waals surface area contributed by atoms with Gasteiger partial charge in [0.15, 0.2) is 6.61 Å². The number of carbonyl (C=O) groups excluding carboxylic acids is 1. The Balaban J connectivity index is 1.63. The summed E-state index contributed by atoms with van der Waals surface area (Å²) >= 11 is 0. The summed E-state index contributed by atoms with van der Waals surface area (Å²) in [6, 6.07) is 3.96. The summed E-state index contributed by atoms with van der Waals surface area (Å²) in [5.74, 6) is -0.0802. The minimum Gasteiger partial charge on any atom is -0.483 e. The largest absolute Gasteiger partial charge is 0.483 e. The predicted octanol–water partition coefficient (Wildman–Crippen LogP) is 2.17. The molecule has 1 aliphatic carbocycles. The van der Waals surface area contributed by atoms with Crippen molar-refractivity contribution < 1.29 is 27.1 Å². The number of benzene rings is 1. The zero-order valence-corrected chi connectivity index (χ0v) is 18.0. The molecule has 166 valence electrons. The lowest BCUT2D eigenvalue weighted by Gasteiger charge is -2.41. The van der Waals surface area contributed by atoms with E-state index in [9.17, 15) is 17.6 Å². The lowest BCUT2D eigenvalue weighted by molar-refractivity contribution is -0.140. The fourth-order valence-corrected chi connectivity index (χ4v) is 5.82. The van der Waals surface area contributed by atoms with Crippen LogP contribution in [0.25, 0.3) is 0 Å². The van der Waals surface area contributed by atoms with E-state index in [0.717, 1.165) is 31.9 Å². The number of fused-ring (bicyclic) bond motifs is 5. The highest BCUT2D eigenvalue weighted by Gasteiger charge is 2.38. The van der Waals surface area contributed by atoms with E-state index in [4.69, 9.17) is 9.47 Å². The van der Waals surface area contributed by atoms with Gasteiger partial charge < -0.3 is 14.4 Å². The van der Waals surface area contributed by atoms with E-state index in [2.05, 4.69) is 4.72 Å². The molecule has 5 rings (SSSR count). The van der Waals surface area contributed by atoms with Crippen LogP contribution in [0.1, 0.15) is 50.0 Å². The van der Waals surface area contributed by atoms with Gasteiger partial charge >= 0.3 is 0 Å². The molecule has 30 heavy (non-hydrogen) atoms. The molecule has 2 atom stereocenters. The topological polar surface area (TPSA) is 84.9 Å². The van der Waals surface area contributed by atoms with E-state index in [1.165, 1.54) is 6.07 Å². The van der Waals surface area contributed by atoms with Gasteiger partial charge in [0.2, 0.25) is 10.0 Å². The van der Waals surface area contributed by atoms with Crippen LogP contribution in [0.2, 0.25) is 0 Å². The van der Waals surface area contributed by atoms with Crippen LogP contribution in [0, 0.1) is 5.82 Å². The van der Waals surface area contributed by atoms with Gasteiger partial charge in [0.05, 0.1) is 25.0 Å². The molecule has 4 aliphatic rings. The quantitative estimate of drug-likeness (QED) is 0.762. The Kier molecular flexibility index (Phi) is 6.31. The molecule has 2 bridgehead atoms. The summed E-state index contributed by atoms with van der Waals surface area (Å²) in [5.41, 5.74) is 0.551. The van der Waals surface area contributed by atoms with Gasteiger partial charge in [0.1, 0.15) is 11.6 Å². The molecule has 0 spiro atoms. The second-order valence-electron chi connectivity index (χ2n) is 8.54. The summed E-state index contributed by atoms with van der Waals surface area (Å²) in [6.07, 6.45) is 5.65. The van der Waals surface area contributed by atoms with Crippen molar-refractivity contribution in [2.24, 2.45) is 0 Å². The Labute approximate surface area is 177 Å². The fourth-order valence-electron chi connectivity index (χ4n) is 5.00. The molecule has 1 amide bonds. The van der Waals surface area contributed by atoms with Crippen molar-refractivity contribution in [1.29, 1.82) is 0 Å². The number of piperidine rings is 1. The number of hydrogen-bond donors (Lipinski definition) is 1. The van der Waals surface area contributed by atoms with Gasteiger partial charge in [-0.3, -0.25) is 4.79 Å². The van der Waals surface area contributed by atoms with Gasteiger partial charge in [-0.05, 0) is 56.6 Å².